The summed E-state index contributed by atoms with van der Waals surface area (Å²) >= 11 is 0. The van der Waals surface area contributed by atoms with Crippen molar-refractivity contribution >= 4 is 0 Å². The Morgan fingerprint density at radius 2 is 1.28 bits per heavy atom. The van der Waals surface area contributed by atoms with E-state index in [1.54, 1.807) is 0 Å². The Labute approximate surface area is 107 Å². The van der Waals surface area contributed by atoms with Crippen LogP contribution in [-0.2, 0) is 14.2 Å². The lowest BCUT2D eigenvalue weighted by atomic mass is 9.84. The molecule has 0 radical (unpaired) electrons. The van der Waals surface area contributed by atoms with Crippen molar-refractivity contribution in [3.63, 3.8) is 0 Å². The van der Waals surface area contributed by atoms with Crippen LogP contribution in [0, 0.1) is 0 Å². The summed E-state index contributed by atoms with van der Waals surface area (Å²) in [5.74, 6) is 0. The molecule has 0 amide bonds. The summed E-state index contributed by atoms with van der Waals surface area (Å²) < 4.78 is 15.6. The number of ether oxygens (including phenoxy) is 3. The number of aliphatic hydroxyl groups is 3. The van der Waals surface area contributed by atoms with Crippen LogP contribution in [0.4, 0.5) is 0 Å². The molecule has 6 heteroatoms. The molecule has 6 nitrogen and oxygen atoms in total. The molecular weight excluding hydrogens is 240 g/mol. The monoisotopic (exact) mass is 264 g/mol. The highest BCUT2D eigenvalue weighted by atomic mass is 16.6. The van der Waals surface area contributed by atoms with Crippen molar-refractivity contribution in [2.24, 2.45) is 0 Å². The Balaban J connectivity index is 2.73. The normalized spacial score (nSPS) is 41.0. The van der Waals surface area contributed by atoms with Crippen LogP contribution in [-0.4, -0.2) is 72.8 Å². The standard InChI is InChI=1S/C12H24O6/c1-4-5-6-18-12-8(14)10(16-2)7(13)11(17-3)9(12)15/h7-15H,4-6H2,1-3H3. The van der Waals surface area contributed by atoms with Crippen LogP contribution in [0.1, 0.15) is 19.8 Å². The first-order chi connectivity index (χ1) is 8.58. The number of aliphatic hydroxyl groups excluding tert-OH is 3. The average molecular weight is 264 g/mol. The van der Waals surface area contributed by atoms with Gasteiger partial charge in [-0.15, -0.1) is 0 Å². The van der Waals surface area contributed by atoms with Crippen molar-refractivity contribution < 1.29 is 29.5 Å². The van der Waals surface area contributed by atoms with E-state index in [2.05, 4.69) is 0 Å². The molecule has 0 aromatic heterocycles. The Hall–Kier alpha value is -0.240. The highest BCUT2D eigenvalue weighted by Crippen LogP contribution is 2.27. The number of methoxy groups -OCH3 is 2. The van der Waals surface area contributed by atoms with E-state index in [0.717, 1.165) is 12.8 Å². The lowest BCUT2D eigenvalue weighted by Crippen LogP contribution is -2.65. The molecule has 0 heterocycles. The highest BCUT2D eigenvalue weighted by Gasteiger charge is 2.50. The molecule has 1 saturated carbocycles. The molecule has 3 N–H and O–H groups in total. The molecule has 1 rings (SSSR count). The zero-order valence-corrected chi connectivity index (χ0v) is 11.2. The summed E-state index contributed by atoms with van der Waals surface area (Å²) in [5, 5.41) is 30.0. The van der Waals surface area contributed by atoms with E-state index < -0.39 is 36.6 Å². The second-order valence-electron chi connectivity index (χ2n) is 4.56. The minimum atomic E-state index is -1.09. The first-order valence-corrected chi connectivity index (χ1v) is 6.29. The van der Waals surface area contributed by atoms with Gasteiger partial charge in [0.15, 0.2) is 0 Å². The van der Waals surface area contributed by atoms with E-state index in [4.69, 9.17) is 14.2 Å². The predicted molar refractivity (Wildman–Crippen MR) is 64.3 cm³/mol. The van der Waals surface area contributed by atoms with Gasteiger partial charge in [-0.05, 0) is 6.42 Å². The topological polar surface area (TPSA) is 88.4 Å². The Morgan fingerprint density at radius 3 is 1.67 bits per heavy atom. The first-order valence-electron chi connectivity index (χ1n) is 6.29. The molecule has 1 fully saturated rings. The molecule has 0 bridgehead atoms. The van der Waals surface area contributed by atoms with Gasteiger partial charge in [-0.3, -0.25) is 0 Å². The van der Waals surface area contributed by atoms with E-state index >= 15 is 0 Å². The quantitative estimate of drug-likeness (QED) is 0.550. The maximum absolute atomic E-state index is 10.1. The Morgan fingerprint density at radius 1 is 0.833 bits per heavy atom. The van der Waals surface area contributed by atoms with Crippen molar-refractivity contribution in [2.45, 2.75) is 56.4 Å². The van der Waals surface area contributed by atoms with E-state index in [-0.39, 0.29) is 0 Å². The molecule has 1 aliphatic rings. The largest absolute Gasteiger partial charge is 0.387 e. The van der Waals surface area contributed by atoms with Gasteiger partial charge < -0.3 is 29.5 Å². The third kappa shape index (κ3) is 3.20. The summed E-state index contributed by atoms with van der Waals surface area (Å²) in [6, 6.07) is 0. The fraction of sp³-hybridized carbons (Fsp3) is 1.00. The van der Waals surface area contributed by atoms with Gasteiger partial charge in [0.25, 0.3) is 0 Å². The number of hydrogen-bond acceptors (Lipinski definition) is 6. The Bertz CT molecular complexity index is 219. The molecule has 18 heavy (non-hydrogen) atoms. The van der Waals surface area contributed by atoms with Gasteiger partial charge in [0, 0.05) is 20.8 Å². The molecule has 0 saturated heterocycles. The van der Waals surface area contributed by atoms with Gasteiger partial charge in [0.05, 0.1) is 0 Å². The molecule has 0 aromatic carbocycles. The van der Waals surface area contributed by atoms with E-state index in [1.165, 1.54) is 14.2 Å². The zero-order chi connectivity index (χ0) is 13.7. The van der Waals surface area contributed by atoms with Crippen LogP contribution in [0.2, 0.25) is 0 Å². The number of rotatable bonds is 6. The molecule has 0 spiro atoms. The minimum absolute atomic E-state index is 0.443. The van der Waals surface area contributed by atoms with Crippen molar-refractivity contribution in [1.29, 1.82) is 0 Å². The second kappa shape index (κ2) is 7.37. The van der Waals surface area contributed by atoms with Crippen molar-refractivity contribution in [3.8, 4) is 0 Å². The summed E-state index contributed by atoms with van der Waals surface area (Å²) in [7, 11) is 2.79. The lowest BCUT2D eigenvalue weighted by molar-refractivity contribution is -0.246. The third-order valence-electron chi connectivity index (χ3n) is 3.37. The van der Waals surface area contributed by atoms with Crippen LogP contribution in [0.5, 0.6) is 0 Å². The smallest absolute Gasteiger partial charge is 0.114 e. The molecule has 0 aromatic rings. The molecular formula is C12H24O6. The SMILES string of the molecule is CCCCOC1C(O)C(OC)C(O)C(OC)C1O. The fourth-order valence-electron chi connectivity index (χ4n) is 2.29. The maximum atomic E-state index is 10.1. The van der Waals surface area contributed by atoms with Crippen LogP contribution >= 0.6 is 0 Å². The Kier molecular flexibility index (Phi) is 6.48. The van der Waals surface area contributed by atoms with Crippen molar-refractivity contribution in [3.05, 3.63) is 0 Å². The van der Waals surface area contributed by atoms with Crippen LogP contribution in [0.25, 0.3) is 0 Å². The molecule has 108 valence electrons. The average Bonchev–Trinajstić information content (AvgIpc) is 2.34. The van der Waals surface area contributed by atoms with E-state index in [9.17, 15) is 15.3 Å². The van der Waals surface area contributed by atoms with Crippen LogP contribution < -0.4 is 0 Å². The minimum Gasteiger partial charge on any atom is -0.387 e. The van der Waals surface area contributed by atoms with Gasteiger partial charge in [-0.2, -0.15) is 0 Å². The summed E-state index contributed by atoms with van der Waals surface area (Å²) in [6.07, 6.45) is -3.91. The molecule has 4 unspecified atom stereocenters. The van der Waals surface area contributed by atoms with E-state index in [0.29, 0.717) is 6.61 Å². The molecule has 1 aliphatic carbocycles. The van der Waals surface area contributed by atoms with Gasteiger partial charge in [0.2, 0.25) is 0 Å². The fourth-order valence-corrected chi connectivity index (χ4v) is 2.29. The summed E-state index contributed by atoms with van der Waals surface area (Å²) in [4.78, 5) is 0. The lowest BCUT2D eigenvalue weighted by Gasteiger charge is -2.44. The number of hydrogen-bond donors (Lipinski definition) is 3. The van der Waals surface area contributed by atoms with Gasteiger partial charge in [-0.1, -0.05) is 13.3 Å². The molecule has 4 atom stereocenters. The summed E-state index contributed by atoms with van der Waals surface area (Å²) in [6.45, 7) is 2.47. The van der Waals surface area contributed by atoms with Crippen LogP contribution in [0.15, 0.2) is 0 Å². The maximum Gasteiger partial charge on any atom is 0.114 e. The first kappa shape index (κ1) is 15.8. The third-order valence-corrected chi connectivity index (χ3v) is 3.37. The van der Waals surface area contributed by atoms with E-state index in [1.807, 2.05) is 6.92 Å². The predicted octanol–water partition coefficient (Wildman–Crippen LogP) is -0.702. The van der Waals surface area contributed by atoms with Gasteiger partial charge in [0.1, 0.15) is 36.6 Å². The van der Waals surface area contributed by atoms with Gasteiger partial charge >= 0.3 is 0 Å². The van der Waals surface area contributed by atoms with Gasteiger partial charge in [-0.25, -0.2) is 0 Å². The molecule has 0 aliphatic heterocycles. The van der Waals surface area contributed by atoms with Crippen molar-refractivity contribution in [1.82, 2.24) is 0 Å². The number of unbranched alkanes of at least 4 members (excludes halogenated alkanes) is 1. The highest BCUT2D eigenvalue weighted by molar-refractivity contribution is 5.00. The van der Waals surface area contributed by atoms with Crippen LogP contribution in [0.3, 0.4) is 0 Å². The zero-order valence-electron chi connectivity index (χ0n) is 11.2. The van der Waals surface area contributed by atoms with Crippen molar-refractivity contribution in [2.75, 3.05) is 20.8 Å². The second-order valence-corrected chi connectivity index (χ2v) is 4.56. The summed E-state index contributed by atoms with van der Waals surface area (Å²) in [5.41, 5.74) is 0.